The molecule has 0 fully saturated rings. The second-order valence-electron chi connectivity index (χ2n) is 5.19. The van der Waals surface area contributed by atoms with E-state index in [1.165, 1.54) is 36.5 Å². The number of benzene rings is 1. The summed E-state index contributed by atoms with van der Waals surface area (Å²) in [6, 6.07) is 6.48. The van der Waals surface area contributed by atoms with Gasteiger partial charge in [0.05, 0.1) is 0 Å². The fraction of sp³-hybridized carbons (Fsp3) is 0.267. The normalized spacial score (nSPS) is 11.3. The van der Waals surface area contributed by atoms with Gasteiger partial charge in [-0.25, -0.2) is 9.18 Å². The Morgan fingerprint density at radius 1 is 1.21 bits per heavy atom. The highest BCUT2D eigenvalue weighted by molar-refractivity contribution is 7.99. The Hall–Kier alpha value is -2.06. The third-order valence-electron chi connectivity index (χ3n) is 3.71. The molecule has 0 aliphatic rings. The first-order chi connectivity index (χ1) is 11.4. The summed E-state index contributed by atoms with van der Waals surface area (Å²) in [5.41, 5.74) is -0.416. The molecule has 0 unspecified atom stereocenters. The van der Waals surface area contributed by atoms with Crippen LogP contribution in [0.3, 0.4) is 0 Å². The maximum atomic E-state index is 13.6. The van der Waals surface area contributed by atoms with Crippen molar-refractivity contribution in [1.29, 1.82) is 0 Å². The SMILES string of the molecule is Cn1c(=O)c2c(nc(Cl)n2CCSc2ccccc2F)n(C)c1=O. The fourth-order valence-electron chi connectivity index (χ4n) is 2.43. The molecular formula is C15H14ClFN4O2S. The van der Waals surface area contributed by atoms with Gasteiger partial charge in [0.2, 0.25) is 5.28 Å². The lowest BCUT2D eigenvalue weighted by atomic mass is 10.3. The van der Waals surface area contributed by atoms with Crippen molar-refractivity contribution in [3.8, 4) is 0 Å². The summed E-state index contributed by atoms with van der Waals surface area (Å²) in [5.74, 6) is 0.209. The summed E-state index contributed by atoms with van der Waals surface area (Å²) in [7, 11) is 2.94. The molecule has 2 heterocycles. The number of thioether (sulfide) groups is 1. The lowest BCUT2D eigenvalue weighted by molar-refractivity contribution is 0.602. The van der Waals surface area contributed by atoms with Crippen molar-refractivity contribution in [2.24, 2.45) is 14.1 Å². The van der Waals surface area contributed by atoms with Crippen LogP contribution in [0.4, 0.5) is 4.39 Å². The summed E-state index contributed by atoms with van der Waals surface area (Å²) in [4.78, 5) is 29.0. The molecule has 0 amide bonds. The topological polar surface area (TPSA) is 61.8 Å². The summed E-state index contributed by atoms with van der Waals surface area (Å²) < 4.78 is 17.5. The number of aromatic nitrogens is 4. The van der Waals surface area contributed by atoms with Crippen molar-refractivity contribution in [3.05, 3.63) is 56.2 Å². The lowest BCUT2D eigenvalue weighted by Gasteiger charge is -2.07. The summed E-state index contributed by atoms with van der Waals surface area (Å²) >= 11 is 7.45. The van der Waals surface area contributed by atoms with Gasteiger partial charge in [-0.15, -0.1) is 11.8 Å². The van der Waals surface area contributed by atoms with Crippen LogP contribution in [0.15, 0.2) is 38.8 Å². The minimum absolute atomic E-state index is 0.123. The Bertz CT molecular complexity index is 1040. The number of hydrogen-bond acceptors (Lipinski definition) is 4. The number of nitrogens with zero attached hydrogens (tertiary/aromatic N) is 4. The van der Waals surface area contributed by atoms with E-state index < -0.39 is 11.2 Å². The third-order valence-corrected chi connectivity index (χ3v) is 5.03. The predicted molar refractivity (Wildman–Crippen MR) is 92.3 cm³/mol. The number of hydrogen-bond donors (Lipinski definition) is 0. The van der Waals surface area contributed by atoms with Gasteiger partial charge in [0.25, 0.3) is 5.56 Å². The van der Waals surface area contributed by atoms with Crippen LogP contribution in [0.5, 0.6) is 0 Å². The molecule has 126 valence electrons. The summed E-state index contributed by atoms with van der Waals surface area (Å²) in [5, 5.41) is 0.123. The molecule has 3 aromatic rings. The van der Waals surface area contributed by atoms with Gasteiger partial charge in [0.15, 0.2) is 11.2 Å². The van der Waals surface area contributed by atoms with Crippen molar-refractivity contribution in [3.63, 3.8) is 0 Å². The van der Waals surface area contributed by atoms with Gasteiger partial charge >= 0.3 is 5.69 Å². The highest BCUT2D eigenvalue weighted by atomic mass is 35.5. The zero-order chi connectivity index (χ0) is 17.4. The minimum Gasteiger partial charge on any atom is -0.308 e. The van der Waals surface area contributed by atoms with Crippen LogP contribution in [0.2, 0.25) is 5.28 Å². The molecule has 0 aliphatic carbocycles. The number of rotatable bonds is 4. The first-order valence-corrected chi connectivity index (χ1v) is 8.47. The van der Waals surface area contributed by atoms with E-state index in [0.29, 0.717) is 17.2 Å². The van der Waals surface area contributed by atoms with Gasteiger partial charge in [-0.3, -0.25) is 13.9 Å². The molecule has 0 aliphatic heterocycles. The lowest BCUT2D eigenvalue weighted by Crippen LogP contribution is -2.37. The third kappa shape index (κ3) is 2.76. The standard InChI is InChI=1S/C15H14ClFN4O2S/c1-19-12-11(13(22)20(2)15(19)23)21(14(16)18-12)7-8-24-10-6-4-3-5-9(10)17/h3-6H,7-8H2,1-2H3. The Morgan fingerprint density at radius 3 is 2.62 bits per heavy atom. The Morgan fingerprint density at radius 2 is 1.92 bits per heavy atom. The second kappa shape index (κ2) is 6.45. The molecular weight excluding hydrogens is 355 g/mol. The van der Waals surface area contributed by atoms with E-state index in [9.17, 15) is 14.0 Å². The van der Waals surface area contributed by atoms with E-state index >= 15 is 0 Å². The monoisotopic (exact) mass is 368 g/mol. The predicted octanol–water partition coefficient (Wildman–Crippen LogP) is 2.02. The maximum Gasteiger partial charge on any atom is 0.332 e. The number of fused-ring (bicyclic) bond motifs is 1. The van der Waals surface area contributed by atoms with E-state index in [1.807, 2.05) is 0 Å². The van der Waals surface area contributed by atoms with Crippen LogP contribution in [0, 0.1) is 5.82 Å². The van der Waals surface area contributed by atoms with Crippen LogP contribution in [0.1, 0.15) is 0 Å². The highest BCUT2D eigenvalue weighted by Crippen LogP contribution is 2.23. The molecule has 2 aromatic heterocycles. The van der Waals surface area contributed by atoms with Crippen LogP contribution in [0.25, 0.3) is 11.2 Å². The maximum absolute atomic E-state index is 13.6. The molecule has 0 radical (unpaired) electrons. The molecule has 24 heavy (non-hydrogen) atoms. The van der Waals surface area contributed by atoms with Crippen molar-refractivity contribution in [2.75, 3.05) is 5.75 Å². The molecule has 0 bridgehead atoms. The molecule has 0 atom stereocenters. The minimum atomic E-state index is -0.463. The molecule has 0 spiro atoms. The largest absolute Gasteiger partial charge is 0.332 e. The van der Waals surface area contributed by atoms with Crippen LogP contribution < -0.4 is 11.2 Å². The van der Waals surface area contributed by atoms with Crippen LogP contribution in [-0.4, -0.2) is 24.4 Å². The van der Waals surface area contributed by atoms with E-state index in [0.717, 1.165) is 4.57 Å². The summed E-state index contributed by atoms with van der Waals surface area (Å²) in [6.07, 6.45) is 0. The molecule has 0 saturated heterocycles. The van der Waals surface area contributed by atoms with Gasteiger partial charge in [0, 0.05) is 31.3 Å². The Kier molecular flexibility index (Phi) is 4.51. The van der Waals surface area contributed by atoms with Gasteiger partial charge in [-0.1, -0.05) is 12.1 Å². The first kappa shape index (κ1) is 16.8. The molecule has 6 nitrogen and oxygen atoms in total. The van der Waals surface area contributed by atoms with E-state index in [4.69, 9.17) is 11.6 Å². The zero-order valence-corrected chi connectivity index (χ0v) is 14.6. The highest BCUT2D eigenvalue weighted by Gasteiger charge is 2.17. The van der Waals surface area contributed by atoms with E-state index in [1.54, 1.807) is 22.8 Å². The Labute approximate surface area is 145 Å². The first-order valence-electron chi connectivity index (χ1n) is 7.11. The average molecular weight is 369 g/mol. The van der Waals surface area contributed by atoms with Crippen molar-refractivity contribution in [1.82, 2.24) is 18.7 Å². The smallest absolute Gasteiger partial charge is 0.308 e. The molecule has 9 heteroatoms. The Balaban J connectivity index is 1.96. The van der Waals surface area contributed by atoms with E-state index in [-0.39, 0.29) is 22.3 Å². The quantitative estimate of drug-likeness (QED) is 0.522. The van der Waals surface area contributed by atoms with Gasteiger partial charge in [-0.05, 0) is 23.7 Å². The van der Waals surface area contributed by atoms with E-state index in [2.05, 4.69) is 4.98 Å². The summed E-state index contributed by atoms with van der Waals surface area (Å²) in [6.45, 7) is 0.363. The molecule has 3 rings (SSSR count). The van der Waals surface area contributed by atoms with Crippen molar-refractivity contribution >= 4 is 34.5 Å². The fourth-order valence-corrected chi connectivity index (χ4v) is 3.56. The number of halogens is 2. The van der Waals surface area contributed by atoms with Gasteiger partial charge in [0.1, 0.15) is 5.82 Å². The second-order valence-corrected chi connectivity index (χ2v) is 6.66. The van der Waals surface area contributed by atoms with Crippen LogP contribution >= 0.6 is 23.4 Å². The zero-order valence-electron chi connectivity index (χ0n) is 13.0. The van der Waals surface area contributed by atoms with Gasteiger partial charge in [-0.2, -0.15) is 4.98 Å². The van der Waals surface area contributed by atoms with Crippen molar-refractivity contribution < 1.29 is 4.39 Å². The number of imidazole rings is 1. The van der Waals surface area contributed by atoms with Crippen molar-refractivity contribution in [2.45, 2.75) is 11.4 Å². The molecule has 0 N–H and O–H groups in total. The molecule has 1 aromatic carbocycles. The molecule has 0 saturated carbocycles. The van der Waals surface area contributed by atoms with Gasteiger partial charge < -0.3 is 4.57 Å². The van der Waals surface area contributed by atoms with Crippen LogP contribution in [-0.2, 0) is 20.6 Å². The number of aryl methyl sites for hydroxylation is 2. The average Bonchev–Trinajstić information content (AvgIpc) is 2.90.